The van der Waals surface area contributed by atoms with Crippen LogP contribution in [0.1, 0.15) is 16.1 Å². The van der Waals surface area contributed by atoms with Gasteiger partial charge in [0.05, 0.1) is 29.7 Å². The van der Waals surface area contributed by atoms with Crippen molar-refractivity contribution in [2.45, 2.75) is 0 Å². The van der Waals surface area contributed by atoms with Crippen LogP contribution in [0.15, 0.2) is 65.7 Å². The van der Waals surface area contributed by atoms with Crippen molar-refractivity contribution in [3.05, 3.63) is 72.3 Å². The van der Waals surface area contributed by atoms with Gasteiger partial charge in [-0.3, -0.25) is 9.20 Å². The van der Waals surface area contributed by atoms with Gasteiger partial charge >= 0.3 is 0 Å². The van der Waals surface area contributed by atoms with Crippen molar-refractivity contribution in [3.63, 3.8) is 0 Å². The summed E-state index contributed by atoms with van der Waals surface area (Å²) in [6.45, 7) is 0. The molecule has 3 heterocycles. The molecule has 0 saturated carbocycles. The first-order valence-corrected chi connectivity index (χ1v) is 8.98. The van der Waals surface area contributed by atoms with Gasteiger partial charge in [0.2, 0.25) is 0 Å². The Morgan fingerprint density at radius 1 is 1.07 bits per heavy atom. The lowest BCUT2D eigenvalue weighted by molar-refractivity contribution is 0.0988. The van der Waals surface area contributed by atoms with Crippen LogP contribution in [0.3, 0.4) is 0 Å². The molecule has 0 radical (unpaired) electrons. The molecule has 5 rings (SSSR count). The van der Waals surface area contributed by atoms with E-state index in [0.29, 0.717) is 27.9 Å². The van der Waals surface area contributed by atoms with Crippen LogP contribution < -0.4 is 4.90 Å². The van der Waals surface area contributed by atoms with Crippen molar-refractivity contribution in [3.8, 4) is 17.3 Å². The Labute approximate surface area is 169 Å². The van der Waals surface area contributed by atoms with Gasteiger partial charge < -0.3 is 4.90 Å². The highest BCUT2D eigenvalue weighted by molar-refractivity contribution is 6.04. The van der Waals surface area contributed by atoms with Crippen molar-refractivity contribution < 1.29 is 9.42 Å². The third-order valence-corrected chi connectivity index (χ3v) is 4.85. The molecular formula is C21H13N7O2. The van der Waals surface area contributed by atoms with Gasteiger partial charge in [-0.1, -0.05) is 6.07 Å². The largest absolute Gasteiger partial charge is 0.310 e. The molecule has 0 aliphatic rings. The zero-order valence-electron chi connectivity index (χ0n) is 15.7. The monoisotopic (exact) mass is 395 g/mol. The number of anilines is 1. The number of rotatable bonds is 3. The van der Waals surface area contributed by atoms with Crippen LogP contribution in [-0.2, 0) is 0 Å². The quantitative estimate of drug-likeness (QED) is 0.461. The maximum Gasteiger partial charge on any atom is 0.278 e. The predicted octanol–water partition coefficient (Wildman–Crippen LogP) is 3.08. The molecular weight excluding hydrogens is 382 g/mol. The number of hydrogen-bond donors (Lipinski definition) is 0. The summed E-state index contributed by atoms with van der Waals surface area (Å²) in [5.74, 6) is -0.280. The molecule has 144 valence electrons. The third-order valence-electron chi connectivity index (χ3n) is 4.85. The molecule has 0 fully saturated rings. The van der Waals surface area contributed by atoms with Gasteiger partial charge in [-0.15, -0.1) is 0 Å². The fourth-order valence-electron chi connectivity index (χ4n) is 3.20. The molecule has 30 heavy (non-hydrogen) atoms. The second-order valence-corrected chi connectivity index (χ2v) is 6.63. The van der Waals surface area contributed by atoms with Gasteiger partial charge in [-0.25, -0.2) is 14.6 Å². The van der Waals surface area contributed by atoms with Crippen molar-refractivity contribution in [1.29, 1.82) is 5.26 Å². The highest BCUT2D eigenvalue weighted by Crippen LogP contribution is 2.24. The van der Waals surface area contributed by atoms with E-state index in [0.717, 1.165) is 11.3 Å². The van der Waals surface area contributed by atoms with Crippen LogP contribution in [0, 0.1) is 11.3 Å². The molecule has 0 bridgehead atoms. The number of carbonyl (C=O) groups excluding carboxylic acids is 1. The Hall–Kier alpha value is -4.58. The molecule has 0 saturated heterocycles. The summed E-state index contributed by atoms with van der Waals surface area (Å²) in [5.41, 5.74) is 5.00. The van der Waals surface area contributed by atoms with E-state index in [1.807, 2.05) is 22.6 Å². The number of fused-ring (bicyclic) bond motifs is 2. The van der Waals surface area contributed by atoms with E-state index in [2.05, 4.69) is 26.4 Å². The first-order chi connectivity index (χ1) is 14.6. The van der Waals surface area contributed by atoms with Crippen LogP contribution >= 0.6 is 0 Å². The highest BCUT2D eigenvalue weighted by Gasteiger charge is 2.17. The average molecular weight is 395 g/mol. The molecule has 5 aromatic rings. The standard InChI is InChI=1S/C21H13N7O2/c1-27(15-5-2-13(9-22)3-6-15)21(29)18-12-28-19(10-24-20(28)11-23-18)14-4-7-16-17(8-14)26-30-25-16/h2-8,10-12H,1H3. The summed E-state index contributed by atoms with van der Waals surface area (Å²) in [5, 5.41) is 16.6. The molecule has 0 aliphatic carbocycles. The summed E-state index contributed by atoms with van der Waals surface area (Å²) in [6.07, 6.45) is 4.93. The van der Waals surface area contributed by atoms with Crippen molar-refractivity contribution >= 4 is 28.3 Å². The predicted molar refractivity (Wildman–Crippen MR) is 108 cm³/mol. The lowest BCUT2D eigenvalue weighted by Crippen LogP contribution is -2.27. The number of amides is 1. The van der Waals surface area contributed by atoms with Crippen LogP contribution in [0.5, 0.6) is 0 Å². The summed E-state index contributed by atoms with van der Waals surface area (Å²) in [6, 6.07) is 14.4. The van der Waals surface area contributed by atoms with E-state index < -0.39 is 0 Å². The Balaban J connectivity index is 1.53. The molecule has 1 amide bonds. The number of carbonyl (C=O) groups is 1. The minimum atomic E-state index is -0.280. The Kier molecular flexibility index (Phi) is 3.96. The number of nitrogens with zero attached hydrogens (tertiary/aromatic N) is 7. The van der Waals surface area contributed by atoms with Gasteiger partial charge in [0.25, 0.3) is 5.91 Å². The molecule has 0 N–H and O–H groups in total. The number of benzene rings is 2. The maximum atomic E-state index is 13.0. The molecule has 2 aromatic carbocycles. The van der Waals surface area contributed by atoms with E-state index in [-0.39, 0.29) is 11.6 Å². The Morgan fingerprint density at radius 3 is 2.67 bits per heavy atom. The summed E-state index contributed by atoms with van der Waals surface area (Å²) in [4.78, 5) is 23.1. The summed E-state index contributed by atoms with van der Waals surface area (Å²) >= 11 is 0. The molecule has 0 unspecified atom stereocenters. The van der Waals surface area contributed by atoms with Crippen LogP contribution in [-0.4, -0.2) is 37.6 Å². The van der Waals surface area contributed by atoms with Gasteiger partial charge in [0, 0.05) is 24.5 Å². The van der Waals surface area contributed by atoms with E-state index in [9.17, 15) is 4.79 Å². The van der Waals surface area contributed by atoms with Crippen molar-refractivity contribution in [2.75, 3.05) is 11.9 Å². The van der Waals surface area contributed by atoms with E-state index >= 15 is 0 Å². The second-order valence-electron chi connectivity index (χ2n) is 6.63. The number of nitriles is 1. The van der Waals surface area contributed by atoms with Crippen LogP contribution in [0.25, 0.3) is 27.9 Å². The number of imidazole rings is 1. The minimum absolute atomic E-state index is 0.262. The molecule has 0 spiro atoms. The van der Waals surface area contributed by atoms with Gasteiger partial charge in [0.1, 0.15) is 16.7 Å². The van der Waals surface area contributed by atoms with Crippen LogP contribution in [0.2, 0.25) is 0 Å². The van der Waals surface area contributed by atoms with Gasteiger partial charge in [0.15, 0.2) is 5.65 Å². The zero-order valence-corrected chi connectivity index (χ0v) is 15.7. The highest BCUT2D eigenvalue weighted by atomic mass is 16.6. The van der Waals surface area contributed by atoms with Gasteiger partial charge in [-0.2, -0.15) is 5.26 Å². The smallest absolute Gasteiger partial charge is 0.278 e. The fourth-order valence-corrected chi connectivity index (χ4v) is 3.20. The normalized spacial score (nSPS) is 10.9. The topological polar surface area (TPSA) is 113 Å². The van der Waals surface area contributed by atoms with Crippen molar-refractivity contribution in [2.24, 2.45) is 0 Å². The van der Waals surface area contributed by atoms with E-state index in [1.54, 1.807) is 49.9 Å². The van der Waals surface area contributed by atoms with Crippen molar-refractivity contribution in [1.82, 2.24) is 24.7 Å². The second kappa shape index (κ2) is 6.79. The van der Waals surface area contributed by atoms with Gasteiger partial charge in [-0.05, 0) is 46.7 Å². The molecule has 9 nitrogen and oxygen atoms in total. The van der Waals surface area contributed by atoms with E-state index in [4.69, 9.17) is 9.89 Å². The number of aromatic nitrogens is 5. The molecule has 9 heteroatoms. The zero-order chi connectivity index (χ0) is 20.7. The maximum absolute atomic E-state index is 13.0. The molecule has 3 aromatic heterocycles. The summed E-state index contributed by atoms with van der Waals surface area (Å²) < 4.78 is 6.56. The first-order valence-electron chi connectivity index (χ1n) is 8.98. The lowest BCUT2D eigenvalue weighted by atomic mass is 10.1. The van der Waals surface area contributed by atoms with E-state index in [1.165, 1.54) is 4.90 Å². The Bertz CT molecular complexity index is 1440. The third kappa shape index (κ3) is 2.84. The Morgan fingerprint density at radius 2 is 1.87 bits per heavy atom. The molecule has 0 atom stereocenters. The minimum Gasteiger partial charge on any atom is -0.310 e. The average Bonchev–Trinajstić information content (AvgIpc) is 3.44. The first kappa shape index (κ1) is 17.5. The fraction of sp³-hybridized carbons (Fsp3) is 0.0476. The SMILES string of the molecule is CN(C(=O)c1cn2c(-c3ccc4nonc4c3)cnc2cn1)c1ccc(C#N)cc1. The molecule has 0 aliphatic heterocycles. The summed E-state index contributed by atoms with van der Waals surface area (Å²) in [7, 11) is 1.66. The van der Waals surface area contributed by atoms with Crippen LogP contribution in [0.4, 0.5) is 5.69 Å². The number of hydrogen-bond acceptors (Lipinski definition) is 7. The lowest BCUT2D eigenvalue weighted by Gasteiger charge is -2.17.